The third-order valence-corrected chi connectivity index (χ3v) is 1.38. The Labute approximate surface area is 62.7 Å². The summed E-state index contributed by atoms with van der Waals surface area (Å²) >= 11 is 0. The number of unbranched alkanes of at least 4 members (excludes halogenated alkanes) is 1. The third kappa shape index (κ3) is 2.13. The van der Waals surface area contributed by atoms with Crippen LogP contribution in [0.1, 0.15) is 26.8 Å². The first-order chi connectivity index (χ1) is 5.33. The number of aryl methyl sites for hydroxylation is 1. The van der Waals surface area contributed by atoms with Crippen molar-refractivity contribution in [3.05, 3.63) is 24.3 Å². The van der Waals surface area contributed by atoms with Crippen LogP contribution < -0.4 is 0 Å². The fraction of sp³-hybridized carbons (Fsp3) is 0.500. The Balaban J connectivity index is 2.56. The van der Waals surface area contributed by atoms with Crippen molar-refractivity contribution in [2.24, 2.45) is 0 Å². The van der Waals surface area contributed by atoms with Gasteiger partial charge < -0.3 is 0 Å². The van der Waals surface area contributed by atoms with Gasteiger partial charge in [0.2, 0.25) is 0 Å². The molecule has 2 nitrogen and oxygen atoms in total. The van der Waals surface area contributed by atoms with Gasteiger partial charge in [0.05, 0.1) is 0 Å². The van der Waals surface area contributed by atoms with E-state index in [1.54, 1.807) is 6.20 Å². The van der Waals surface area contributed by atoms with Gasteiger partial charge in [0.25, 0.3) is 0 Å². The molecule has 0 unspecified atom stereocenters. The van der Waals surface area contributed by atoms with Gasteiger partial charge in [-0.1, -0.05) is 13.3 Å². The highest BCUT2D eigenvalue weighted by molar-refractivity contribution is 4.97. The van der Waals surface area contributed by atoms with E-state index >= 15 is 0 Å². The van der Waals surface area contributed by atoms with Crippen LogP contribution in [0.4, 0.5) is 0 Å². The zero-order valence-electron chi connectivity index (χ0n) is 7.17. The van der Waals surface area contributed by atoms with Gasteiger partial charge in [0, 0.05) is 11.9 Å². The molecular formula is C8H12N2. The fourth-order valence-corrected chi connectivity index (χ4v) is 0.784. The summed E-state index contributed by atoms with van der Waals surface area (Å²) in [7, 11) is 0. The summed E-state index contributed by atoms with van der Waals surface area (Å²) in [6, 6.07) is 1.87. The third-order valence-electron chi connectivity index (χ3n) is 1.38. The molecule has 1 heterocycles. The summed E-state index contributed by atoms with van der Waals surface area (Å²) < 4.78 is 7.15. The second kappa shape index (κ2) is 3.99. The molecule has 0 aromatic carbocycles. The molecule has 54 valence electrons. The van der Waals surface area contributed by atoms with Gasteiger partial charge in [-0.3, -0.25) is 0 Å². The Hall–Kier alpha value is -0.920. The van der Waals surface area contributed by atoms with E-state index in [4.69, 9.17) is 1.37 Å². The standard InChI is InChI=1S/C8H12N2/c1-2-3-4-8-5-6-9-7-10-8/h5-7H,2-4H2,1H3/i7D. The lowest BCUT2D eigenvalue weighted by Gasteiger charge is -1.94. The summed E-state index contributed by atoms with van der Waals surface area (Å²) in [4.78, 5) is 7.67. The Kier molecular flexibility index (Phi) is 2.33. The summed E-state index contributed by atoms with van der Waals surface area (Å²) in [6.45, 7) is 2.14. The van der Waals surface area contributed by atoms with Crippen molar-refractivity contribution in [1.29, 1.82) is 0 Å². The molecule has 0 radical (unpaired) electrons. The molecule has 0 amide bonds. The Morgan fingerprint density at radius 2 is 2.60 bits per heavy atom. The number of hydrogen-bond donors (Lipinski definition) is 0. The Morgan fingerprint density at radius 3 is 3.30 bits per heavy atom. The van der Waals surface area contributed by atoms with Gasteiger partial charge in [-0.25, -0.2) is 9.97 Å². The van der Waals surface area contributed by atoms with E-state index in [0.717, 1.165) is 25.0 Å². The van der Waals surface area contributed by atoms with Gasteiger partial charge in [-0.2, -0.15) is 0 Å². The quantitative estimate of drug-likeness (QED) is 0.635. The normalized spacial score (nSPS) is 11.1. The number of aromatic nitrogens is 2. The first kappa shape index (κ1) is 5.83. The minimum absolute atomic E-state index is 0.124. The molecule has 0 N–H and O–H groups in total. The molecular weight excluding hydrogens is 124 g/mol. The molecule has 1 rings (SSSR count). The van der Waals surface area contributed by atoms with Gasteiger partial charge in [-0.05, 0) is 18.9 Å². The molecule has 0 saturated carbocycles. The van der Waals surface area contributed by atoms with Gasteiger partial charge >= 0.3 is 0 Å². The number of nitrogens with zero attached hydrogens (tertiary/aromatic N) is 2. The van der Waals surface area contributed by atoms with Crippen LogP contribution in [-0.2, 0) is 6.42 Å². The zero-order chi connectivity index (χ0) is 8.10. The van der Waals surface area contributed by atoms with Crippen LogP contribution in [-0.4, -0.2) is 9.97 Å². The molecule has 0 bridgehead atoms. The minimum atomic E-state index is 0.124. The maximum atomic E-state index is 7.15. The molecule has 1 aromatic heterocycles. The molecule has 0 fully saturated rings. The first-order valence-corrected chi connectivity index (χ1v) is 3.61. The van der Waals surface area contributed by atoms with Crippen LogP contribution in [0.15, 0.2) is 18.6 Å². The maximum Gasteiger partial charge on any atom is 0.115 e. The Morgan fingerprint density at radius 1 is 1.70 bits per heavy atom. The topological polar surface area (TPSA) is 25.8 Å². The largest absolute Gasteiger partial charge is 0.245 e. The van der Waals surface area contributed by atoms with Crippen molar-refractivity contribution >= 4 is 0 Å². The first-order valence-electron chi connectivity index (χ1n) is 4.11. The maximum absolute atomic E-state index is 7.15. The molecule has 2 heteroatoms. The second-order valence-electron chi connectivity index (χ2n) is 2.25. The van der Waals surface area contributed by atoms with Crippen molar-refractivity contribution in [1.82, 2.24) is 9.97 Å². The lowest BCUT2D eigenvalue weighted by atomic mass is 10.2. The predicted octanol–water partition coefficient (Wildman–Crippen LogP) is 1.82. The molecule has 0 spiro atoms. The SMILES string of the molecule is [2H]c1nccc(CCCC)n1. The Bertz CT molecular complexity index is 225. The van der Waals surface area contributed by atoms with E-state index in [0.29, 0.717) is 0 Å². The van der Waals surface area contributed by atoms with E-state index in [1.165, 1.54) is 0 Å². The highest BCUT2D eigenvalue weighted by Crippen LogP contribution is 1.98. The second-order valence-corrected chi connectivity index (χ2v) is 2.25. The van der Waals surface area contributed by atoms with Gasteiger partial charge in [0.1, 0.15) is 7.67 Å². The average Bonchev–Trinajstić information content (AvgIpc) is 2.01. The van der Waals surface area contributed by atoms with Crippen LogP contribution in [0.2, 0.25) is 0 Å². The molecule has 0 atom stereocenters. The highest BCUT2D eigenvalue weighted by atomic mass is 14.8. The van der Waals surface area contributed by atoms with E-state index in [-0.39, 0.29) is 6.30 Å². The molecule has 0 aliphatic carbocycles. The monoisotopic (exact) mass is 137 g/mol. The van der Waals surface area contributed by atoms with E-state index < -0.39 is 0 Å². The smallest absolute Gasteiger partial charge is 0.115 e. The summed E-state index contributed by atoms with van der Waals surface area (Å²) in [5, 5.41) is 0. The van der Waals surface area contributed by atoms with Crippen LogP contribution in [0.3, 0.4) is 0 Å². The van der Waals surface area contributed by atoms with Crippen LogP contribution >= 0.6 is 0 Å². The van der Waals surface area contributed by atoms with Crippen LogP contribution in [0.25, 0.3) is 0 Å². The summed E-state index contributed by atoms with van der Waals surface area (Å²) in [5.74, 6) is 0. The molecule has 1 aromatic rings. The zero-order valence-corrected chi connectivity index (χ0v) is 6.17. The van der Waals surface area contributed by atoms with Crippen molar-refractivity contribution in [3.8, 4) is 0 Å². The summed E-state index contributed by atoms with van der Waals surface area (Å²) in [5.41, 5.74) is 0.979. The molecule has 10 heavy (non-hydrogen) atoms. The van der Waals surface area contributed by atoms with Crippen molar-refractivity contribution in [3.63, 3.8) is 0 Å². The molecule has 0 aliphatic rings. The van der Waals surface area contributed by atoms with Crippen molar-refractivity contribution in [2.75, 3.05) is 0 Å². The van der Waals surface area contributed by atoms with E-state index in [9.17, 15) is 0 Å². The number of rotatable bonds is 3. The van der Waals surface area contributed by atoms with Crippen molar-refractivity contribution in [2.45, 2.75) is 26.2 Å². The van der Waals surface area contributed by atoms with E-state index in [1.807, 2.05) is 6.07 Å². The number of hydrogen-bond acceptors (Lipinski definition) is 2. The predicted molar refractivity (Wildman–Crippen MR) is 40.6 cm³/mol. The highest BCUT2D eigenvalue weighted by Gasteiger charge is 1.89. The lowest BCUT2D eigenvalue weighted by molar-refractivity contribution is 0.773. The van der Waals surface area contributed by atoms with Crippen LogP contribution in [0, 0.1) is 0 Å². The lowest BCUT2D eigenvalue weighted by Crippen LogP contribution is -1.88. The van der Waals surface area contributed by atoms with Crippen LogP contribution in [0.5, 0.6) is 0 Å². The van der Waals surface area contributed by atoms with Gasteiger partial charge in [-0.15, -0.1) is 0 Å². The van der Waals surface area contributed by atoms with E-state index in [2.05, 4.69) is 16.9 Å². The van der Waals surface area contributed by atoms with Gasteiger partial charge in [0.15, 0.2) is 0 Å². The molecule has 0 saturated heterocycles. The van der Waals surface area contributed by atoms with Crippen molar-refractivity contribution < 1.29 is 1.37 Å². The minimum Gasteiger partial charge on any atom is -0.245 e. The average molecular weight is 137 g/mol. The fourth-order valence-electron chi connectivity index (χ4n) is 0.784. The summed E-state index contributed by atoms with van der Waals surface area (Å²) in [6.07, 6.45) is 5.03. The molecule has 0 aliphatic heterocycles.